The molecule has 0 aliphatic rings. The Morgan fingerprint density at radius 1 is 0.960 bits per heavy atom. The van der Waals surface area contributed by atoms with Gasteiger partial charge in [-0.3, -0.25) is 8.42 Å². The molecule has 5 nitrogen and oxygen atoms in total. The van der Waals surface area contributed by atoms with Gasteiger partial charge >= 0.3 is 59.1 Å². The molecule has 0 heterocycles. The van der Waals surface area contributed by atoms with Crippen LogP contribution in [-0.4, -0.2) is 24.1 Å². The molecule has 1 aromatic rings. The Bertz CT molecular complexity index is 502. The Balaban J connectivity index is -0.000000610. The number of ether oxygens (including phenoxy) is 1. The summed E-state index contributed by atoms with van der Waals surface area (Å²) in [5.41, 5.74) is 1.33. The van der Waals surface area contributed by atoms with E-state index in [4.69, 9.17) is 22.3 Å². The zero-order chi connectivity index (χ0) is 17.6. The first-order valence-corrected chi connectivity index (χ1v) is 9.38. The second-order valence-electron chi connectivity index (χ2n) is 5.24. The minimum absolute atomic E-state index is 0. The summed E-state index contributed by atoms with van der Waals surface area (Å²) in [4.78, 5) is 0. The maximum absolute atomic E-state index is 8.52. The topological polar surface area (TPSA) is 89.5 Å². The number of benzene rings is 1. The molecule has 0 saturated carbocycles. The number of para-hydroxylation sites is 1. The van der Waals surface area contributed by atoms with E-state index in [1.165, 1.54) is 50.5 Å². The number of aryl methyl sites for hydroxylation is 1. The molecule has 0 unspecified atom stereocenters. The van der Waals surface area contributed by atoms with Gasteiger partial charge in [0.15, 0.2) is 0 Å². The van der Waals surface area contributed by atoms with Crippen LogP contribution in [0.25, 0.3) is 0 Å². The number of rotatable bonds is 10. The van der Waals surface area contributed by atoms with Gasteiger partial charge in [0.1, 0.15) is 5.75 Å². The maximum atomic E-state index is 8.52. The predicted octanol–water partition coefficient (Wildman–Crippen LogP) is -2.14. The fourth-order valence-electron chi connectivity index (χ4n) is 2.23. The van der Waals surface area contributed by atoms with Gasteiger partial charge in [-0.2, -0.15) is 0 Å². The fourth-order valence-corrected chi connectivity index (χ4v) is 2.23. The van der Waals surface area contributed by atoms with Gasteiger partial charge in [-0.1, -0.05) is 63.6 Å². The molecule has 0 aromatic heterocycles. The van der Waals surface area contributed by atoms with E-state index in [0.29, 0.717) is 6.61 Å². The van der Waals surface area contributed by atoms with Crippen LogP contribution < -0.4 is 63.9 Å². The molecule has 0 aliphatic carbocycles. The van der Waals surface area contributed by atoms with Crippen molar-refractivity contribution in [3.8, 4) is 5.75 Å². The van der Waals surface area contributed by atoms with Crippen LogP contribution in [0.2, 0.25) is 0 Å². The van der Waals surface area contributed by atoms with Gasteiger partial charge in [-0.15, -0.1) is 0 Å². The minimum atomic E-state index is -5.17. The predicted molar refractivity (Wildman–Crippen MR) is 89.5 cm³/mol. The summed E-state index contributed by atoms with van der Waals surface area (Å²) in [6.45, 7) is 6.51. The Labute approximate surface area is 197 Å². The monoisotopic (exact) mass is 389 g/mol. The van der Waals surface area contributed by atoms with E-state index in [1.807, 2.05) is 12.1 Å². The molecule has 1 radical (unpaired) electrons. The molecule has 0 aliphatic heterocycles. The van der Waals surface area contributed by atoms with Crippen LogP contribution in [-0.2, 0) is 16.8 Å². The van der Waals surface area contributed by atoms with E-state index in [9.17, 15) is 0 Å². The van der Waals surface area contributed by atoms with Gasteiger partial charge in [-0.05, 0) is 31.4 Å². The van der Waals surface area contributed by atoms with Crippen LogP contribution in [0.15, 0.2) is 24.3 Å². The third-order valence-corrected chi connectivity index (χ3v) is 3.28. The van der Waals surface area contributed by atoms with Crippen LogP contribution >= 0.6 is 0 Å². The normalized spacial score (nSPS) is 9.92. The molecule has 0 bridgehead atoms. The standard InChI is InChI=1S/C17H27O.2Na.H2O4S/c1-3-5-6-7-8-9-10-13-16-14-11-12-15-17(16)18-4-2;;;1-5(2,3)4/h11-12,14-15H,2-10,13H2,1H3;;;(H2,1,2,3,4)/q;2*+1;/p-2. The smallest absolute Gasteiger partial charge is 0.759 e. The first-order valence-electron chi connectivity index (χ1n) is 8.05. The average molecular weight is 389 g/mol. The van der Waals surface area contributed by atoms with E-state index in [-0.39, 0.29) is 59.1 Å². The third-order valence-electron chi connectivity index (χ3n) is 3.28. The molecule has 0 N–H and O–H groups in total. The van der Waals surface area contributed by atoms with E-state index >= 15 is 0 Å². The molecule has 0 amide bonds. The van der Waals surface area contributed by atoms with Gasteiger partial charge in [0.25, 0.3) is 0 Å². The minimum Gasteiger partial charge on any atom is -0.759 e. The van der Waals surface area contributed by atoms with E-state index in [0.717, 1.165) is 12.2 Å². The summed E-state index contributed by atoms with van der Waals surface area (Å²) in [6, 6.07) is 8.33. The van der Waals surface area contributed by atoms with Gasteiger partial charge in [0, 0.05) is 10.4 Å². The van der Waals surface area contributed by atoms with Crippen molar-refractivity contribution < 1.29 is 81.4 Å². The zero-order valence-corrected chi connectivity index (χ0v) is 20.6. The Hall–Kier alpha value is 0.890. The maximum Gasteiger partial charge on any atom is 1.00 e. The van der Waals surface area contributed by atoms with Crippen LogP contribution in [0.4, 0.5) is 0 Å². The van der Waals surface area contributed by atoms with E-state index in [1.54, 1.807) is 0 Å². The summed E-state index contributed by atoms with van der Waals surface area (Å²) in [6.07, 6.45) is 10.6. The van der Waals surface area contributed by atoms with Crippen molar-refractivity contribution in [2.24, 2.45) is 0 Å². The summed E-state index contributed by atoms with van der Waals surface area (Å²) < 4.78 is 39.6. The average Bonchev–Trinajstić information content (AvgIpc) is 2.46. The number of hydrogen-bond donors (Lipinski definition) is 0. The summed E-state index contributed by atoms with van der Waals surface area (Å²) >= 11 is 0. The molecule has 0 atom stereocenters. The van der Waals surface area contributed by atoms with E-state index < -0.39 is 10.4 Å². The van der Waals surface area contributed by atoms with Crippen molar-refractivity contribution in [3.63, 3.8) is 0 Å². The molecule has 8 heteroatoms. The first kappa shape index (κ1) is 30.6. The van der Waals surface area contributed by atoms with Gasteiger partial charge < -0.3 is 13.8 Å². The SMILES string of the molecule is O=S(=O)([O-])[O-].[CH2]COc1ccccc1CCCCCCCCC.[Na+].[Na+]. The number of hydrogen-bond acceptors (Lipinski definition) is 5. The van der Waals surface area contributed by atoms with Gasteiger partial charge in [0.05, 0.1) is 6.61 Å². The van der Waals surface area contributed by atoms with Crippen molar-refractivity contribution in [3.05, 3.63) is 36.8 Å². The second kappa shape index (κ2) is 19.6. The zero-order valence-electron chi connectivity index (χ0n) is 15.8. The molecule has 0 fully saturated rings. The van der Waals surface area contributed by atoms with Gasteiger partial charge in [0.2, 0.25) is 0 Å². The molecule has 25 heavy (non-hydrogen) atoms. The molecular formula is C17H27Na2O5S. The molecule has 133 valence electrons. The third kappa shape index (κ3) is 22.8. The molecule has 1 rings (SSSR count). The van der Waals surface area contributed by atoms with Crippen molar-refractivity contribution in [2.75, 3.05) is 6.61 Å². The largest absolute Gasteiger partial charge is 1.00 e. The van der Waals surface area contributed by atoms with Crippen molar-refractivity contribution in [1.29, 1.82) is 0 Å². The quantitative estimate of drug-likeness (QED) is 0.197. The summed E-state index contributed by atoms with van der Waals surface area (Å²) in [5, 5.41) is 0. The van der Waals surface area contributed by atoms with Crippen molar-refractivity contribution >= 4 is 10.4 Å². The molecular weight excluding hydrogens is 362 g/mol. The Morgan fingerprint density at radius 3 is 1.96 bits per heavy atom. The molecule has 1 aromatic carbocycles. The van der Waals surface area contributed by atoms with Crippen LogP contribution in [0.5, 0.6) is 5.75 Å². The van der Waals surface area contributed by atoms with Gasteiger partial charge in [-0.25, -0.2) is 0 Å². The summed E-state index contributed by atoms with van der Waals surface area (Å²) in [7, 11) is -5.17. The van der Waals surface area contributed by atoms with Crippen molar-refractivity contribution in [2.45, 2.75) is 58.3 Å². The number of unbranched alkanes of at least 4 members (excludes halogenated alkanes) is 6. The Morgan fingerprint density at radius 2 is 1.44 bits per heavy atom. The van der Waals surface area contributed by atoms with Crippen molar-refractivity contribution in [1.82, 2.24) is 0 Å². The first-order chi connectivity index (χ1) is 10.9. The fraction of sp³-hybridized carbons (Fsp3) is 0.588. The Kier molecular flexibility index (Phi) is 24.1. The van der Waals surface area contributed by atoms with Crippen LogP contribution in [0, 0.1) is 6.92 Å². The second-order valence-corrected chi connectivity index (χ2v) is 6.05. The molecule has 0 spiro atoms. The molecule has 0 saturated heterocycles. The van der Waals surface area contributed by atoms with Crippen LogP contribution in [0.3, 0.4) is 0 Å². The summed E-state index contributed by atoms with van der Waals surface area (Å²) in [5.74, 6) is 1.01. The van der Waals surface area contributed by atoms with Crippen LogP contribution in [0.1, 0.15) is 57.4 Å². The van der Waals surface area contributed by atoms with E-state index in [2.05, 4.69) is 26.0 Å².